The molecule has 2 fully saturated rings. The largest absolute Gasteiger partial charge is 0.469 e. The van der Waals surface area contributed by atoms with Crippen LogP contribution in [0.15, 0.2) is 35.3 Å². The van der Waals surface area contributed by atoms with Gasteiger partial charge in [0, 0.05) is 26.2 Å². The van der Waals surface area contributed by atoms with Crippen LogP contribution in [0.2, 0.25) is 0 Å². The van der Waals surface area contributed by atoms with Crippen molar-refractivity contribution >= 4 is 11.9 Å². The number of methoxy groups -OCH3 is 1. The Morgan fingerprint density at radius 3 is 2.62 bits per heavy atom. The lowest BCUT2D eigenvalue weighted by molar-refractivity contribution is -0.146. The maximum atomic E-state index is 11.6. The van der Waals surface area contributed by atoms with E-state index in [1.807, 2.05) is 7.05 Å². The number of hydrogen-bond acceptors (Lipinski definition) is 3. The van der Waals surface area contributed by atoms with Gasteiger partial charge in [0.05, 0.1) is 13.0 Å². The molecular formula is C19H27N3O2. The van der Waals surface area contributed by atoms with Gasteiger partial charge in [-0.1, -0.05) is 30.3 Å². The molecule has 0 aromatic heterocycles. The van der Waals surface area contributed by atoms with Crippen LogP contribution in [0.1, 0.15) is 24.8 Å². The zero-order valence-electron chi connectivity index (χ0n) is 14.6. The van der Waals surface area contributed by atoms with E-state index in [0.29, 0.717) is 12.0 Å². The van der Waals surface area contributed by atoms with Crippen LogP contribution < -0.4 is 5.32 Å². The number of guanidine groups is 1. The molecule has 3 rings (SSSR count). The highest BCUT2D eigenvalue weighted by Crippen LogP contribution is 2.34. The fourth-order valence-corrected chi connectivity index (χ4v) is 3.52. The van der Waals surface area contributed by atoms with Gasteiger partial charge in [-0.2, -0.15) is 0 Å². The molecule has 1 saturated carbocycles. The van der Waals surface area contributed by atoms with E-state index in [-0.39, 0.29) is 11.9 Å². The lowest BCUT2D eigenvalue weighted by Crippen LogP contribution is -2.47. The molecule has 1 saturated heterocycles. The lowest BCUT2D eigenvalue weighted by atomic mass is 9.97. The predicted octanol–water partition coefficient (Wildman–Crippen LogP) is 2.08. The zero-order chi connectivity index (χ0) is 16.9. The highest BCUT2D eigenvalue weighted by molar-refractivity contribution is 5.81. The second kappa shape index (κ2) is 7.69. The molecule has 5 heteroatoms. The van der Waals surface area contributed by atoms with Crippen LogP contribution >= 0.6 is 0 Å². The van der Waals surface area contributed by atoms with Crippen molar-refractivity contribution in [3.05, 3.63) is 35.9 Å². The summed E-state index contributed by atoms with van der Waals surface area (Å²) in [5, 5.41) is 3.60. The van der Waals surface area contributed by atoms with Gasteiger partial charge in [0.15, 0.2) is 5.96 Å². The van der Waals surface area contributed by atoms with Crippen molar-refractivity contribution < 1.29 is 9.53 Å². The van der Waals surface area contributed by atoms with Gasteiger partial charge in [-0.25, -0.2) is 0 Å². The molecule has 0 spiro atoms. The van der Waals surface area contributed by atoms with Gasteiger partial charge in [0.25, 0.3) is 0 Å². The highest BCUT2D eigenvalue weighted by atomic mass is 16.5. The molecule has 2 unspecified atom stereocenters. The molecule has 1 aliphatic heterocycles. The van der Waals surface area contributed by atoms with E-state index in [2.05, 4.69) is 45.5 Å². The number of likely N-dealkylation sites (tertiary alicyclic amines) is 1. The number of carbonyl (C=O) groups is 1. The Morgan fingerprint density at radius 2 is 2.00 bits per heavy atom. The fourth-order valence-electron chi connectivity index (χ4n) is 3.52. The number of carbonyl (C=O) groups excluding carboxylic acids is 1. The number of nitrogens with one attached hydrogen (secondary N) is 1. The van der Waals surface area contributed by atoms with Gasteiger partial charge in [0.2, 0.25) is 0 Å². The summed E-state index contributed by atoms with van der Waals surface area (Å²) in [4.78, 5) is 18.3. The minimum atomic E-state index is -0.0808. The van der Waals surface area contributed by atoms with E-state index in [0.717, 1.165) is 38.3 Å². The van der Waals surface area contributed by atoms with E-state index in [9.17, 15) is 4.79 Å². The van der Waals surface area contributed by atoms with Crippen molar-refractivity contribution in [1.29, 1.82) is 0 Å². The normalized spacial score (nSPS) is 24.6. The van der Waals surface area contributed by atoms with Crippen LogP contribution in [-0.4, -0.2) is 50.1 Å². The molecule has 1 aliphatic carbocycles. The van der Waals surface area contributed by atoms with Crippen molar-refractivity contribution in [3.8, 4) is 0 Å². The Kier molecular flexibility index (Phi) is 5.38. The zero-order valence-corrected chi connectivity index (χ0v) is 14.6. The van der Waals surface area contributed by atoms with Gasteiger partial charge in [-0.05, 0) is 37.2 Å². The van der Waals surface area contributed by atoms with Crippen LogP contribution in [0, 0.1) is 11.8 Å². The first-order valence-corrected chi connectivity index (χ1v) is 8.81. The molecule has 5 nitrogen and oxygen atoms in total. The van der Waals surface area contributed by atoms with Crippen molar-refractivity contribution in [1.82, 2.24) is 10.2 Å². The van der Waals surface area contributed by atoms with Crippen molar-refractivity contribution in [2.24, 2.45) is 16.8 Å². The Balaban J connectivity index is 1.46. The van der Waals surface area contributed by atoms with E-state index in [1.54, 1.807) is 0 Å². The number of ether oxygens (including phenoxy) is 1. The number of nitrogens with zero attached hydrogens (tertiary/aromatic N) is 2. The topological polar surface area (TPSA) is 53.9 Å². The second-order valence-corrected chi connectivity index (χ2v) is 6.77. The third kappa shape index (κ3) is 4.08. The Morgan fingerprint density at radius 1 is 1.29 bits per heavy atom. The van der Waals surface area contributed by atoms with E-state index in [1.165, 1.54) is 19.1 Å². The number of piperidine rings is 1. The minimum Gasteiger partial charge on any atom is -0.469 e. The van der Waals surface area contributed by atoms with Crippen molar-refractivity contribution in [3.63, 3.8) is 0 Å². The molecule has 0 bridgehead atoms. The number of hydrogen-bond donors (Lipinski definition) is 1. The first-order valence-electron chi connectivity index (χ1n) is 8.81. The summed E-state index contributed by atoms with van der Waals surface area (Å²) in [6.45, 7) is 1.71. The fraction of sp³-hybridized carbons (Fsp3) is 0.579. The predicted molar refractivity (Wildman–Crippen MR) is 94.8 cm³/mol. The minimum absolute atomic E-state index is 0.0381. The average Bonchev–Trinajstić information content (AvgIpc) is 3.37. The summed E-state index contributed by atoms with van der Waals surface area (Å²) in [6.07, 6.45) is 4.00. The van der Waals surface area contributed by atoms with Crippen molar-refractivity contribution in [2.45, 2.75) is 31.7 Å². The summed E-state index contributed by atoms with van der Waals surface area (Å²) in [5.74, 6) is 1.62. The van der Waals surface area contributed by atoms with Gasteiger partial charge in [0.1, 0.15) is 0 Å². The third-order valence-electron chi connectivity index (χ3n) is 5.12. The summed E-state index contributed by atoms with van der Waals surface area (Å²) >= 11 is 0. The number of esters is 1. The SMILES string of the molecule is CN=C(NC1CC1Cc1ccccc1)N1CCC(C(=O)OC)CC1. The highest BCUT2D eigenvalue weighted by Gasteiger charge is 2.38. The molecule has 0 amide bonds. The van der Waals surface area contributed by atoms with Crippen LogP contribution in [0.5, 0.6) is 0 Å². The Labute approximate surface area is 144 Å². The molecular weight excluding hydrogens is 302 g/mol. The van der Waals surface area contributed by atoms with Gasteiger partial charge in [-0.3, -0.25) is 9.79 Å². The molecule has 1 N–H and O–H groups in total. The smallest absolute Gasteiger partial charge is 0.308 e. The monoisotopic (exact) mass is 329 g/mol. The van der Waals surface area contributed by atoms with Crippen LogP contribution in [-0.2, 0) is 16.0 Å². The van der Waals surface area contributed by atoms with E-state index < -0.39 is 0 Å². The van der Waals surface area contributed by atoms with Gasteiger partial charge >= 0.3 is 5.97 Å². The molecule has 0 radical (unpaired) electrons. The first-order chi connectivity index (χ1) is 11.7. The molecule has 2 atom stereocenters. The maximum absolute atomic E-state index is 11.6. The quantitative estimate of drug-likeness (QED) is 0.522. The standard InChI is InChI=1S/C19H27N3O2/c1-20-19(22-10-8-15(9-11-22)18(23)24-2)21-17-13-16(17)12-14-6-4-3-5-7-14/h3-7,15-17H,8-13H2,1-2H3,(H,20,21). The van der Waals surface area contributed by atoms with Gasteiger partial charge in [-0.15, -0.1) is 0 Å². The molecule has 24 heavy (non-hydrogen) atoms. The van der Waals surface area contributed by atoms with Crippen LogP contribution in [0.4, 0.5) is 0 Å². The average molecular weight is 329 g/mol. The number of benzene rings is 1. The van der Waals surface area contributed by atoms with Crippen molar-refractivity contribution in [2.75, 3.05) is 27.2 Å². The lowest BCUT2D eigenvalue weighted by Gasteiger charge is -2.33. The Bertz CT molecular complexity index is 580. The van der Waals surface area contributed by atoms with E-state index in [4.69, 9.17) is 4.74 Å². The molecule has 1 aromatic rings. The molecule has 1 aromatic carbocycles. The van der Waals surface area contributed by atoms with Gasteiger partial charge < -0.3 is 15.0 Å². The number of rotatable bonds is 4. The maximum Gasteiger partial charge on any atom is 0.308 e. The number of aliphatic imine (C=N–C) groups is 1. The summed E-state index contributed by atoms with van der Waals surface area (Å²) in [7, 11) is 3.30. The van der Waals surface area contributed by atoms with E-state index >= 15 is 0 Å². The van der Waals surface area contributed by atoms with Crippen LogP contribution in [0.3, 0.4) is 0 Å². The van der Waals surface area contributed by atoms with Crippen LogP contribution in [0.25, 0.3) is 0 Å². The molecule has 1 heterocycles. The second-order valence-electron chi connectivity index (χ2n) is 6.77. The Hall–Kier alpha value is -2.04. The summed E-state index contributed by atoms with van der Waals surface area (Å²) in [5.41, 5.74) is 1.40. The molecule has 130 valence electrons. The molecule has 2 aliphatic rings. The first kappa shape index (κ1) is 16.8. The summed E-state index contributed by atoms with van der Waals surface area (Å²) in [6, 6.07) is 11.2. The summed E-state index contributed by atoms with van der Waals surface area (Å²) < 4.78 is 4.85. The third-order valence-corrected chi connectivity index (χ3v) is 5.12.